The molecule has 0 aliphatic carbocycles. The van der Waals surface area contributed by atoms with Gasteiger partial charge in [-0.3, -0.25) is 50.4 Å². The molecule has 10 aromatic carbocycles. The number of hydrogen-bond acceptors (Lipinski definition) is 22. The van der Waals surface area contributed by atoms with Gasteiger partial charge in [0.15, 0.2) is 29.1 Å². The number of H-pyrrole nitrogens is 5. The van der Waals surface area contributed by atoms with Crippen molar-refractivity contribution in [1.82, 2.24) is 85.9 Å². The fourth-order valence-electron chi connectivity index (χ4n) is 19.1. The molecule has 0 spiro atoms. The molecule has 1 atom stereocenters. The second-order valence-corrected chi connectivity index (χ2v) is 36.6. The van der Waals surface area contributed by atoms with E-state index in [4.69, 9.17) is 0 Å². The summed E-state index contributed by atoms with van der Waals surface area (Å²) in [5.74, 6) is 2.67. The minimum atomic E-state index is -2.61. The molecule has 4 fully saturated rings. The highest BCUT2D eigenvalue weighted by molar-refractivity contribution is 6.03. The highest BCUT2D eigenvalue weighted by Crippen LogP contribution is 2.42. The smallest absolute Gasteiger partial charge is 0.266 e. The number of aromatic amines is 5. The lowest BCUT2D eigenvalue weighted by Gasteiger charge is -2.36. The van der Waals surface area contributed by atoms with E-state index in [1.807, 2.05) is 103 Å². The second kappa shape index (κ2) is 38.3. The molecule has 27 nitrogen and oxygen atoms in total. The molecule has 11 aromatic heterocycles. The van der Waals surface area contributed by atoms with Crippen molar-refractivity contribution in [3.63, 3.8) is 0 Å². The topological polar surface area (TPSA) is 310 Å². The number of aromatic nitrogens is 17. The number of benzene rings is 10. The Morgan fingerprint density at radius 3 is 1.01 bits per heavy atom. The molecule has 4 aliphatic heterocycles. The maximum atomic E-state index is 13.6. The van der Waals surface area contributed by atoms with Crippen LogP contribution in [0.3, 0.4) is 0 Å². The van der Waals surface area contributed by atoms with Crippen LogP contribution in [-0.4, -0.2) is 157 Å². The van der Waals surface area contributed by atoms with Gasteiger partial charge in [-0.15, -0.1) is 0 Å². The Morgan fingerprint density at radius 2 is 0.642 bits per heavy atom. The van der Waals surface area contributed by atoms with Gasteiger partial charge in [-0.25, -0.2) is 18.7 Å². The zero-order valence-corrected chi connectivity index (χ0v) is 76.8. The Hall–Kier alpha value is -16.5. The number of piperazine rings is 1. The van der Waals surface area contributed by atoms with Gasteiger partial charge in [-0.2, -0.15) is 25.5 Å². The van der Waals surface area contributed by atoms with Crippen LogP contribution in [0.4, 0.5) is 95.0 Å². The van der Waals surface area contributed by atoms with Crippen LogP contribution in [0, 0.1) is 5.92 Å². The maximum absolute atomic E-state index is 13.6. The molecule has 137 heavy (non-hydrogen) atoms. The Balaban J connectivity index is 0.000000103. The van der Waals surface area contributed by atoms with Crippen LogP contribution in [-0.2, 0) is 5.41 Å². The van der Waals surface area contributed by atoms with Crippen molar-refractivity contribution < 1.29 is 8.78 Å². The standard InChI is InChI=1S/C24H22N8.2C22H23N5.C20H17F2N5.C20H20N4/c1-4-17-16-18(28-23-22-20(29-30-23)5-2-9-25-22)7-8-19(17)21(6-1)31-12-14-32(15-13-31)24-26-10-3-11-27-24;1-15-9-12-27(13-10-15)20-6-2-4-16-14-17(7-8-18(16)20)24-22-21-19(25-26-22)5-3-11-23-21;1-15-6-2-3-13-27(15)20-9-4-7-16-14-17(10-11-18(16)20)24-22-21-19(25-26-22)8-5-12-23-21;21-20(22)8-10-27(12-20)17-5-1-3-13-11-14(6-7-15(13)17)24-19-18-16(25-26-19)4-2-9-23-18;1-20(2,3)16-7-4-6-13-12-14(9-10-15(13)16)22-19-18-17(23-24-19)8-5-11-21-18/h1-11,16H,12-15H2,(H2,28,29,30);2-8,11,14-15H,9-10,12-13H2,1H3,(H2,24,25,26);4-5,7-12,14-15H,2-3,6,13H2,1H3,(H2,24,25,26);1-7,9,11H,8,10,12H2,(H2,24,25,26);4-12H,1-3H3,(H2,22,23,24). The Morgan fingerprint density at radius 1 is 0.314 bits per heavy atom. The quantitative estimate of drug-likeness (QED) is 0.0456. The summed E-state index contributed by atoms with van der Waals surface area (Å²) in [5.41, 5.74) is 19.9. The summed E-state index contributed by atoms with van der Waals surface area (Å²) in [5, 5.41) is 65.6. The molecule has 4 aliphatic rings. The van der Waals surface area contributed by atoms with Crippen molar-refractivity contribution in [3.05, 3.63) is 298 Å². The van der Waals surface area contributed by atoms with E-state index in [1.165, 1.54) is 97.8 Å². The molecule has 25 rings (SSSR count). The molecule has 0 amide bonds. The SMILES string of the molecule is CC(C)(C)c1cccc2cc(Nc3n[nH]c4cccnc34)ccc12.CC1CCCCN1c1cccc2cc(Nc3n[nH]c4cccnc34)ccc12.CC1CCN(c2cccc3cc(Nc4n[nH]c5cccnc45)ccc23)CC1.FC1(F)CCN(c2cccc3cc(Nc4n[nH]c5cccnc45)ccc23)C1.c1cnc(N2CCN(c3cccc4cc(Nc5n[nH]c6cccnc56)ccc34)CC2)nc1. The summed E-state index contributed by atoms with van der Waals surface area (Å²) in [6, 6.07) is 85.5. The van der Waals surface area contributed by atoms with Crippen molar-refractivity contribution in [2.75, 3.05) is 110 Å². The average molecular weight is 1820 g/mol. The molecule has 10 N–H and O–H groups in total. The van der Waals surface area contributed by atoms with E-state index < -0.39 is 5.92 Å². The number of rotatable bonds is 15. The Bertz CT molecular complexity index is 7860. The first-order valence-corrected chi connectivity index (χ1v) is 46.9. The molecule has 29 heteroatoms. The van der Waals surface area contributed by atoms with Gasteiger partial charge in [-0.1, -0.05) is 125 Å². The van der Waals surface area contributed by atoms with Crippen LogP contribution in [0.2, 0.25) is 0 Å². The van der Waals surface area contributed by atoms with Crippen molar-refractivity contribution >= 4 is 195 Å². The number of alkyl halides is 2. The second-order valence-electron chi connectivity index (χ2n) is 36.6. The van der Waals surface area contributed by atoms with Crippen molar-refractivity contribution in [3.8, 4) is 0 Å². The molecule has 0 saturated carbocycles. The summed E-state index contributed by atoms with van der Waals surface area (Å²) < 4.78 is 27.2. The van der Waals surface area contributed by atoms with Gasteiger partial charge in [0, 0.05) is 181 Å². The fourth-order valence-corrected chi connectivity index (χ4v) is 19.1. The molecule has 21 aromatic rings. The average Bonchev–Trinajstić information content (AvgIpc) is 1.78. The van der Waals surface area contributed by atoms with Crippen LogP contribution >= 0.6 is 0 Å². The van der Waals surface area contributed by atoms with E-state index in [9.17, 15) is 8.78 Å². The number of pyridine rings is 5. The first-order valence-electron chi connectivity index (χ1n) is 46.9. The van der Waals surface area contributed by atoms with Crippen LogP contribution in [0.1, 0.15) is 78.7 Å². The van der Waals surface area contributed by atoms with Crippen LogP contribution in [0.5, 0.6) is 0 Å². The Kier molecular flexibility index (Phi) is 24.4. The predicted octanol–water partition coefficient (Wildman–Crippen LogP) is 24.1. The largest absolute Gasteiger partial charge is 0.371 e. The summed E-state index contributed by atoms with van der Waals surface area (Å²) in [6.07, 6.45) is 18.8. The number of anilines is 15. The van der Waals surface area contributed by atoms with Gasteiger partial charge in [-0.05, 0) is 240 Å². The molecule has 4 saturated heterocycles. The summed E-state index contributed by atoms with van der Waals surface area (Å²) in [7, 11) is 0. The first-order chi connectivity index (χ1) is 67.0. The molecule has 0 bridgehead atoms. The molecule has 0 radical (unpaired) electrons. The maximum Gasteiger partial charge on any atom is 0.266 e. The van der Waals surface area contributed by atoms with E-state index in [0.29, 0.717) is 18.4 Å². The van der Waals surface area contributed by atoms with Crippen molar-refractivity contribution in [1.29, 1.82) is 0 Å². The first kappa shape index (κ1) is 87.2. The number of fused-ring (bicyclic) bond motifs is 10. The minimum Gasteiger partial charge on any atom is -0.371 e. The number of nitrogens with one attached hydrogen (secondary N) is 10. The zero-order chi connectivity index (χ0) is 92.9. The van der Waals surface area contributed by atoms with Gasteiger partial charge in [0.2, 0.25) is 5.95 Å². The molecular formula is C108H105F2N27. The number of hydrogen-bond donors (Lipinski definition) is 10. The lowest BCUT2D eigenvalue weighted by molar-refractivity contribution is 0.0257. The van der Waals surface area contributed by atoms with Crippen molar-refractivity contribution in [2.45, 2.75) is 90.5 Å². The third-order valence-corrected chi connectivity index (χ3v) is 26.2. The zero-order valence-electron chi connectivity index (χ0n) is 76.8. The summed E-state index contributed by atoms with van der Waals surface area (Å²) in [4.78, 5) is 42.3. The van der Waals surface area contributed by atoms with E-state index in [0.717, 1.165) is 181 Å². The van der Waals surface area contributed by atoms with Crippen molar-refractivity contribution in [2.24, 2.45) is 5.92 Å². The minimum absolute atomic E-state index is 0.0950. The van der Waals surface area contributed by atoms with Crippen LogP contribution in [0.15, 0.2) is 292 Å². The number of piperidine rings is 2. The van der Waals surface area contributed by atoms with Gasteiger partial charge in [0.05, 0.1) is 34.1 Å². The van der Waals surface area contributed by atoms with E-state index in [1.54, 1.807) is 48.3 Å². The van der Waals surface area contributed by atoms with E-state index >= 15 is 0 Å². The summed E-state index contributed by atoms with van der Waals surface area (Å²) >= 11 is 0. The van der Waals surface area contributed by atoms with E-state index in [2.05, 4.69) is 312 Å². The number of halogens is 2. The predicted molar refractivity (Wildman–Crippen MR) is 554 cm³/mol. The number of nitrogens with zero attached hydrogens (tertiary/aromatic N) is 17. The Labute approximate surface area is 789 Å². The lowest BCUT2D eigenvalue weighted by atomic mass is 9.84. The normalized spacial score (nSPS) is 15.1. The fraction of sp³-hybridized carbons (Fsp3) is 0.222. The van der Waals surface area contributed by atoms with Gasteiger partial charge in [0.25, 0.3) is 5.92 Å². The van der Waals surface area contributed by atoms with Crippen LogP contribution in [0.25, 0.3) is 109 Å². The van der Waals surface area contributed by atoms with Crippen LogP contribution < -0.4 is 51.1 Å². The molecule has 686 valence electrons. The van der Waals surface area contributed by atoms with E-state index in [-0.39, 0.29) is 18.4 Å². The summed E-state index contributed by atoms with van der Waals surface area (Å²) in [6.45, 7) is 18.7. The highest BCUT2D eigenvalue weighted by atomic mass is 19.3. The third-order valence-electron chi connectivity index (χ3n) is 26.2. The van der Waals surface area contributed by atoms with Gasteiger partial charge < -0.3 is 51.1 Å². The molecule has 1 unspecified atom stereocenters. The molecule has 15 heterocycles. The monoisotopic (exact) mass is 1820 g/mol. The molecular weight excluding hydrogens is 1710 g/mol. The van der Waals surface area contributed by atoms with Gasteiger partial charge in [0.1, 0.15) is 27.6 Å². The lowest BCUT2D eigenvalue weighted by Crippen LogP contribution is -2.47. The highest BCUT2D eigenvalue weighted by Gasteiger charge is 2.39. The van der Waals surface area contributed by atoms with Gasteiger partial charge >= 0.3 is 0 Å². The third kappa shape index (κ3) is 19.0.